The molecule has 1 saturated heterocycles. The lowest BCUT2D eigenvalue weighted by Crippen LogP contribution is -2.29. The smallest absolute Gasteiger partial charge is 0.307 e. The molecule has 1 heterocycles. The van der Waals surface area contributed by atoms with Crippen LogP contribution in [0.25, 0.3) is 0 Å². The summed E-state index contributed by atoms with van der Waals surface area (Å²) >= 11 is 0. The minimum Gasteiger partial charge on any atom is -0.481 e. The van der Waals surface area contributed by atoms with Gasteiger partial charge in [-0.1, -0.05) is 30.3 Å². The highest BCUT2D eigenvalue weighted by atomic mass is 16.4. The van der Waals surface area contributed by atoms with Gasteiger partial charge in [-0.15, -0.1) is 0 Å². The zero-order valence-corrected chi connectivity index (χ0v) is 9.50. The Kier molecular flexibility index (Phi) is 3.54. The number of hydrogen-bond acceptors (Lipinski definition) is 3. The first-order valence-electron chi connectivity index (χ1n) is 5.70. The number of benzene rings is 1. The van der Waals surface area contributed by atoms with Gasteiger partial charge in [0.05, 0.1) is 12.5 Å². The lowest BCUT2D eigenvalue weighted by atomic mass is 10.1. The van der Waals surface area contributed by atoms with Crippen molar-refractivity contribution in [1.82, 2.24) is 4.90 Å². The van der Waals surface area contributed by atoms with Crippen LogP contribution in [0.5, 0.6) is 0 Å². The van der Waals surface area contributed by atoms with Crippen molar-refractivity contribution in [2.75, 3.05) is 19.6 Å². The van der Waals surface area contributed by atoms with Gasteiger partial charge in [0.15, 0.2) is 5.78 Å². The van der Waals surface area contributed by atoms with Crippen molar-refractivity contribution in [1.29, 1.82) is 0 Å². The van der Waals surface area contributed by atoms with E-state index in [1.165, 1.54) is 0 Å². The van der Waals surface area contributed by atoms with Gasteiger partial charge in [0.2, 0.25) is 0 Å². The van der Waals surface area contributed by atoms with E-state index in [0.29, 0.717) is 31.6 Å². The quantitative estimate of drug-likeness (QED) is 0.796. The van der Waals surface area contributed by atoms with Crippen LogP contribution in [-0.2, 0) is 4.79 Å². The first-order chi connectivity index (χ1) is 8.16. The summed E-state index contributed by atoms with van der Waals surface area (Å²) in [7, 11) is 0. The van der Waals surface area contributed by atoms with Crippen LogP contribution in [0.1, 0.15) is 16.8 Å². The molecular weight excluding hydrogens is 218 g/mol. The monoisotopic (exact) mass is 233 g/mol. The summed E-state index contributed by atoms with van der Waals surface area (Å²) in [6.07, 6.45) is 0.636. The Morgan fingerprint density at radius 2 is 2.00 bits per heavy atom. The maximum Gasteiger partial charge on any atom is 0.307 e. The van der Waals surface area contributed by atoms with Crippen LogP contribution in [0.15, 0.2) is 30.3 Å². The largest absolute Gasteiger partial charge is 0.481 e. The molecule has 0 radical (unpaired) electrons. The van der Waals surface area contributed by atoms with Crippen molar-refractivity contribution < 1.29 is 14.7 Å². The van der Waals surface area contributed by atoms with Gasteiger partial charge in [0.1, 0.15) is 0 Å². The average Bonchev–Trinajstić information content (AvgIpc) is 2.79. The molecule has 1 aliphatic rings. The Bertz CT molecular complexity index is 416. The number of Topliss-reactive ketones (excluding diaryl/α,β-unsaturated/α-hetero) is 1. The SMILES string of the molecule is O=C(CN1CC[C@H](C(=O)O)C1)c1ccccc1. The highest BCUT2D eigenvalue weighted by Gasteiger charge is 2.28. The molecule has 1 N–H and O–H groups in total. The lowest BCUT2D eigenvalue weighted by molar-refractivity contribution is -0.141. The zero-order chi connectivity index (χ0) is 12.3. The van der Waals surface area contributed by atoms with Crippen molar-refractivity contribution in [3.8, 4) is 0 Å². The molecule has 0 amide bonds. The predicted molar refractivity (Wildman–Crippen MR) is 63.0 cm³/mol. The van der Waals surface area contributed by atoms with E-state index >= 15 is 0 Å². The standard InChI is InChI=1S/C13H15NO3/c15-12(10-4-2-1-3-5-10)9-14-7-6-11(8-14)13(16)17/h1-5,11H,6-9H2,(H,16,17)/t11-/m0/s1. The molecule has 0 bridgehead atoms. The summed E-state index contributed by atoms with van der Waals surface area (Å²) < 4.78 is 0. The van der Waals surface area contributed by atoms with Crippen LogP contribution in [0.3, 0.4) is 0 Å². The molecule has 90 valence electrons. The maximum atomic E-state index is 11.9. The molecule has 0 unspecified atom stereocenters. The van der Waals surface area contributed by atoms with Crippen molar-refractivity contribution in [3.05, 3.63) is 35.9 Å². The van der Waals surface area contributed by atoms with Gasteiger partial charge in [-0.2, -0.15) is 0 Å². The molecule has 1 aromatic rings. The van der Waals surface area contributed by atoms with E-state index in [1.54, 1.807) is 12.1 Å². The maximum absolute atomic E-state index is 11.9. The molecule has 1 aromatic carbocycles. The number of aliphatic carboxylic acids is 1. The second kappa shape index (κ2) is 5.10. The Labute approximate surface area is 99.9 Å². The fourth-order valence-electron chi connectivity index (χ4n) is 2.10. The summed E-state index contributed by atoms with van der Waals surface area (Å²) in [5, 5.41) is 8.87. The number of ketones is 1. The van der Waals surface area contributed by atoms with Crippen molar-refractivity contribution in [2.45, 2.75) is 6.42 Å². The fourth-order valence-corrected chi connectivity index (χ4v) is 2.10. The zero-order valence-electron chi connectivity index (χ0n) is 9.50. The topological polar surface area (TPSA) is 57.6 Å². The lowest BCUT2D eigenvalue weighted by Gasteiger charge is -2.13. The fraction of sp³-hybridized carbons (Fsp3) is 0.385. The van der Waals surface area contributed by atoms with E-state index in [4.69, 9.17) is 5.11 Å². The number of rotatable bonds is 4. The summed E-state index contributed by atoms with van der Waals surface area (Å²) in [5.74, 6) is -1.03. The van der Waals surface area contributed by atoms with Crippen LogP contribution in [0, 0.1) is 5.92 Å². The van der Waals surface area contributed by atoms with Crippen molar-refractivity contribution in [3.63, 3.8) is 0 Å². The summed E-state index contributed by atoms with van der Waals surface area (Å²) in [6, 6.07) is 9.10. The van der Waals surface area contributed by atoms with E-state index in [9.17, 15) is 9.59 Å². The number of carboxylic acid groups (broad SMARTS) is 1. The van der Waals surface area contributed by atoms with Gasteiger partial charge in [-0.25, -0.2) is 0 Å². The number of carbonyl (C=O) groups excluding carboxylic acids is 1. The normalized spacial score (nSPS) is 20.4. The average molecular weight is 233 g/mol. The highest BCUT2D eigenvalue weighted by Crippen LogP contribution is 2.16. The van der Waals surface area contributed by atoms with Crippen LogP contribution >= 0.6 is 0 Å². The van der Waals surface area contributed by atoms with Crippen molar-refractivity contribution in [2.24, 2.45) is 5.92 Å². The third-order valence-electron chi connectivity index (χ3n) is 3.08. The van der Waals surface area contributed by atoms with Gasteiger partial charge in [0, 0.05) is 12.1 Å². The molecule has 1 fully saturated rings. The molecule has 4 nitrogen and oxygen atoms in total. The Balaban J connectivity index is 1.91. The van der Waals surface area contributed by atoms with Crippen LogP contribution in [0.2, 0.25) is 0 Å². The van der Waals surface area contributed by atoms with Crippen LogP contribution in [-0.4, -0.2) is 41.4 Å². The van der Waals surface area contributed by atoms with Gasteiger partial charge in [0.25, 0.3) is 0 Å². The number of hydrogen-bond donors (Lipinski definition) is 1. The molecule has 0 spiro atoms. The molecule has 0 aliphatic carbocycles. The van der Waals surface area contributed by atoms with Gasteiger partial charge in [-0.3, -0.25) is 14.5 Å². The van der Waals surface area contributed by atoms with E-state index < -0.39 is 5.97 Å². The highest BCUT2D eigenvalue weighted by molar-refractivity contribution is 5.97. The van der Waals surface area contributed by atoms with Gasteiger partial charge >= 0.3 is 5.97 Å². The molecule has 0 aromatic heterocycles. The van der Waals surface area contributed by atoms with Crippen LogP contribution in [0.4, 0.5) is 0 Å². The van der Waals surface area contributed by atoms with Gasteiger partial charge < -0.3 is 5.11 Å². The first kappa shape index (κ1) is 11.8. The minimum absolute atomic E-state index is 0.0524. The molecule has 1 aliphatic heterocycles. The third kappa shape index (κ3) is 2.91. The molecule has 2 rings (SSSR count). The molecule has 0 saturated carbocycles. The predicted octanol–water partition coefficient (Wildman–Crippen LogP) is 1.28. The second-order valence-electron chi connectivity index (χ2n) is 4.35. The van der Waals surface area contributed by atoms with E-state index in [-0.39, 0.29) is 11.7 Å². The number of carboxylic acids is 1. The van der Waals surface area contributed by atoms with Crippen molar-refractivity contribution >= 4 is 11.8 Å². The summed E-state index contributed by atoms with van der Waals surface area (Å²) in [5.41, 5.74) is 0.686. The molecule has 1 atom stereocenters. The summed E-state index contributed by atoms with van der Waals surface area (Å²) in [6.45, 7) is 1.48. The second-order valence-corrected chi connectivity index (χ2v) is 4.35. The minimum atomic E-state index is -0.764. The van der Waals surface area contributed by atoms with E-state index in [1.807, 2.05) is 23.1 Å². The van der Waals surface area contributed by atoms with E-state index in [2.05, 4.69) is 0 Å². The number of likely N-dealkylation sites (tertiary alicyclic amines) is 1. The summed E-state index contributed by atoms with van der Waals surface area (Å²) in [4.78, 5) is 24.6. The number of nitrogens with zero attached hydrogens (tertiary/aromatic N) is 1. The third-order valence-corrected chi connectivity index (χ3v) is 3.08. The first-order valence-corrected chi connectivity index (χ1v) is 5.70. The van der Waals surface area contributed by atoms with E-state index in [0.717, 1.165) is 0 Å². The molecule has 17 heavy (non-hydrogen) atoms. The van der Waals surface area contributed by atoms with Crippen LogP contribution < -0.4 is 0 Å². The molecule has 4 heteroatoms. The Hall–Kier alpha value is -1.68. The Morgan fingerprint density at radius 1 is 1.29 bits per heavy atom. The Morgan fingerprint density at radius 3 is 2.59 bits per heavy atom. The van der Waals surface area contributed by atoms with Gasteiger partial charge in [-0.05, 0) is 13.0 Å². The molecular formula is C13H15NO3. The number of carbonyl (C=O) groups is 2.